The first-order valence-corrected chi connectivity index (χ1v) is 7.82. The van der Waals surface area contributed by atoms with Crippen LogP contribution >= 0.6 is 0 Å². The van der Waals surface area contributed by atoms with Crippen LogP contribution in [0, 0.1) is 5.92 Å². The number of amides is 1. The predicted molar refractivity (Wildman–Crippen MR) is 90.9 cm³/mol. The number of aldehydes is 1. The van der Waals surface area contributed by atoms with Crippen molar-refractivity contribution < 1.29 is 23.9 Å². The average Bonchev–Trinajstić information content (AvgIpc) is 3.04. The lowest BCUT2D eigenvalue weighted by Crippen LogP contribution is -2.27. The number of carbonyl (C=O) groups excluding carboxylic acids is 3. The molecule has 25 heavy (non-hydrogen) atoms. The van der Waals surface area contributed by atoms with Gasteiger partial charge in [-0.25, -0.2) is 0 Å². The van der Waals surface area contributed by atoms with Crippen LogP contribution in [-0.4, -0.2) is 31.8 Å². The van der Waals surface area contributed by atoms with Gasteiger partial charge in [-0.15, -0.1) is 0 Å². The van der Waals surface area contributed by atoms with E-state index >= 15 is 0 Å². The zero-order valence-corrected chi connectivity index (χ0v) is 13.7. The third-order valence-electron chi connectivity index (χ3n) is 4.10. The summed E-state index contributed by atoms with van der Waals surface area (Å²) in [7, 11) is 1.57. The minimum absolute atomic E-state index is 0.0775. The predicted octanol–water partition coefficient (Wildman–Crippen LogP) is 2.47. The second-order valence-corrected chi connectivity index (χ2v) is 5.68. The molecule has 0 N–H and O–H groups in total. The molecule has 2 aromatic carbocycles. The van der Waals surface area contributed by atoms with E-state index in [9.17, 15) is 14.4 Å². The molecule has 0 saturated carbocycles. The first-order chi connectivity index (χ1) is 12.1. The molecule has 1 atom stereocenters. The maximum atomic E-state index is 12.4. The van der Waals surface area contributed by atoms with Gasteiger partial charge in [0.15, 0.2) is 6.29 Å². The van der Waals surface area contributed by atoms with Gasteiger partial charge in [-0.1, -0.05) is 12.1 Å². The molecule has 0 aliphatic carbocycles. The van der Waals surface area contributed by atoms with Gasteiger partial charge in [-0.2, -0.15) is 0 Å². The first-order valence-electron chi connectivity index (χ1n) is 7.82. The summed E-state index contributed by atoms with van der Waals surface area (Å²) in [4.78, 5) is 37.2. The van der Waals surface area contributed by atoms with Crippen LogP contribution in [0.15, 0.2) is 48.5 Å². The highest BCUT2D eigenvalue weighted by Crippen LogP contribution is 2.28. The molecule has 0 radical (unpaired) electrons. The molecule has 0 spiro atoms. The third kappa shape index (κ3) is 3.52. The van der Waals surface area contributed by atoms with E-state index in [1.165, 1.54) is 0 Å². The fourth-order valence-corrected chi connectivity index (χ4v) is 2.74. The maximum absolute atomic E-state index is 12.4. The Morgan fingerprint density at radius 1 is 1.16 bits per heavy atom. The number of nitrogens with zero attached hydrogens (tertiary/aromatic N) is 1. The molecule has 6 nitrogen and oxygen atoms in total. The summed E-state index contributed by atoms with van der Waals surface area (Å²) in [5.41, 5.74) is 1.00. The van der Waals surface area contributed by atoms with Crippen LogP contribution in [0.1, 0.15) is 16.8 Å². The van der Waals surface area contributed by atoms with Crippen molar-refractivity contribution in [2.45, 2.75) is 6.42 Å². The molecule has 128 valence electrons. The third-order valence-corrected chi connectivity index (χ3v) is 4.10. The van der Waals surface area contributed by atoms with E-state index < -0.39 is 11.9 Å². The highest BCUT2D eigenvalue weighted by molar-refractivity contribution is 5.99. The zero-order valence-electron chi connectivity index (χ0n) is 13.7. The quantitative estimate of drug-likeness (QED) is 0.475. The maximum Gasteiger partial charge on any atom is 0.316 e. The van der Waals surface area contributed by atoms with Crippen molar-refractivity contribution in [1.29, 1.82) is 0 Å². The van der Waals surface area contributed by atoms with Crippen molar-refractivity contribution in [2.24, 2.45) is 5.92 Å². The molecule has 1 amide bonds. The number of ether oxygens (including phenoxy) is 2. The van der Waals surface area contributed by atoms with Gasteiger partial charge in [-0.05, 0) is 36.4 Å². The van der Waals surface area contributed by atoms with Crippen LogP contribution < -0.4 is 14.4 Å². The van der Waals surface area contributed by atoms with Crippen LogP contribution in [0.4, 0.5) is 5.69 Å². The fraction of sp³-hybridized carbons (Fsp3) is 0.211. The van der Waals surface area contributed by atoms with Gasteiger partial charge in [0.1, 0.15) is 11.5 Å². The Morgan fingerprint density at radius 2 is 1.88 bits per heavy atom. The summed E-state index contributed by atoms with van der Waals surface area (Å²) in [5.74, 6) is -0.335. The molecule has 0 aromatic heterocycles. The van der Waals surface area contributed by atoms with E-state index in [1.807, 2.05) is 0 Å². The van der Waals surface area contributed by atoms with E-state index in [1.54, 1.807) is 60.5 Å². The molecule has 1 aliphatic heterocycles. The molecule has 1 heterocycles. The average molecular weight is 339 g/mol. The number of esters is 1. The Bertz CT molecular complexity index is 800. The van der Waals surface area contributed by atoms with Crippen LogP contribution in [0.2, 0.25) is 0 Å². The fourth-order valence-electron chi connectivity index (χ4n) is 2.74. The first kappa shape index (κ1) is 16.7. The number of carbonyl (C=O) groups is 3. The number of hydrogen-bond donors (Lipinski definition) is 0. The Kier molecular flexibility index (Phi) is 4.79. The molecular formula is C19H17NO5. The molecule has 1 fully saturated rings. The summed E-state index contributed by atoms with van der Waals surface area (Å²) in [6, 6.07) is 13.5. The molecule has 3 rings (SSSR count). The number of hydrogen-bond acceptors (Lipinski definition) is 5. The van der Waals surface area contributed by atoms with E-state index in [2.05, 4.69) is 0 Å². The number of para-hydroxylation sites is 1. The van der Waals surface area contributed by atoms with Gasteiger partial charge in [0.2, 0.25) is 5.91 Å². The second-order valence-electron chi connectivity index (χ2n) is 5.68. The number of methoxy groups -OCH3 is 1. The second kappa shape index (κ2) is 7.17. The lowest BCUT2D eigenvalue weighted by atomic mass is 10.1. The van der Waals surface area contributed by atoms with Crippen LogP contribution in [0.25, 0.3) is 0 Å². The van der Waals surface area contributed by atoms with Gasteiger partial charge >= 0.3 is 5.97 Å². The van der Waals surface area contributed by atoms with Crippen molar-refractivity contribution in [3.8, 4) is 11.5 Å². The normalized spacial score (nSPS) is 16.6. The van der Waals surface area contributed by atoms with Crippen molar-refractivity contribution in [3.63, 3.8) is 0 Å². The Labute approximate surface area is 145 Å². The monoisotopic (exact) mass is 339 g/mol. The minimum atomic E-state index is -0.575. The number of rotatable bonds is 5. The summed E-state index contributed by atoms with van der Waals surface area (Å²) < 4.78 is 10.4. The minimum Gasteiger partial charge on any atom is -0.497 e. The van der Waals surface area contributed by atoms with Gasteiger partial charge in [-0.3, -0.25) is 14.4 Å². The molecule has 6 heteroatoms. The molecule has 2 aromatic rings. The van der Waals surface area contributed by atoms with Crippen molar-refractivity contribution in [2.75, 3.05) is 18.6 Å². The van der Waals surface area contributed by atoms with Crippen LogP contribution in [0.5, 0.6) is 11.5 Å². The van der Waals surface area contributed by atoms with Gasteiger partial charge in [0.25, 0.3) is 0 Å². The van der Waals surface area contributed by atoms with E-state index in [0.29, 0.717) is 23.3 Å². The van der Waals surface area contributed by atoms with E-state index in [4.69, 9.17) is 9.47 Å². The van der Waals surface area contributed by atoms with Crippen molar-refractivity contribution in [1.82, 2.24) is 0 Å². The Balaban J connectivity index is 1.71. The largest absolute Gasteiger partial charge is 0.497 e. The van der Waals surface area contributed by atoms with Crippen LogP contribution in [0.3, 0.4) is 0 Å². The molecule has 0 unspecified atom stereocenters. The van der Waals surface area contributed by atoms with Gasteiger partial charge in [0.05, 0.1) is 18.6 Å². The zero-order chi connectivity index (χ0) is 17.8. The molecule has 1 aliphatic rings. The molecular weight excluding hydrogens is 322 g/mol. The summed E-state index contributed by atoms with van der Waals surface area (Å²) in [6.45, 7) is 0.243. The summed E-state index contributed by atoms with van der Waals surface area (Å²) in [6.07, 6.45) is 0.709. The smallest absolute Gasteiger partial charge is 0.316 e. The van der Waals surface area contributed by atoms with Crippen molar-refractivity contribution in [3.05, 3.63) is 54.1 Å². The Hall–Kier alpha value is -3.15. The Morgan fingerprint density at radius 3 is 2.56 bits per heavy atom. The summed E-state index contributed by atoms with van der Waals surface area (Å²) in [5, 5.41) is 0. The highest BCUT2D eigenvalue weighted by atomic mass is 16.5. The lowest BCUT2D eigenvalue weighted by molar-refractivity contribution is -0.139. The summed E-state index contributed by atoms with van der Waals surface area (Å²) >= 11 is 0. The topological polar surface area (TPSA) is 72.9 Å². The van der Waals surface area contributed by atoms with Gasteiger partial charge in [0, 0.05) is 18.7 Å². The molecule has 0 bridgehead atoms. The van der Waals surface area contributed by atoms with Gasteiger partial charge < -0.3 is 14.4 Å². The standard InChI is InChI=1S/C19H17NO5/c1-24-16-8-6-15(7-9-16)20-11-14(10-18(20)22)19(23)25-17-5-3-2-4-13(17)12-21/h2-9,12,14H,10-11H2,1H3/t14-/m1/s1. The number of benzene rings is 2. The van der Waals surface area contributed by atoms with Crippen LogP contribution in [-0.2, 0) is 9.59 Å². The molecule has 1 saturated heterocycles. The van der Waals surface area contributed by atoms with Crippen molar-refractivity contribution >= 4 is 23.9 Å². The SMILES string of the molecule is COc1ccc(N2C[C@H](C(=O)Oc3ccccc3C=O)CC2=O)cc1. The lowest BCUT2D eigenvalue weighted by Gasteiger charge is -2.17. The van der Waals surface area contributed by atoms with E-state index in [-0.39, 0.29) is 24.6 Å². The van der Waals surface area contributed by atoms with E-state index in [0.717, 1.165) is 0 Å². The number of anilines is 1. The highest BCUT2D eigenvalue weighted by Gasteiger charge is 2.36.